The molecule has 0 aromatic heterocycles. The molecule has 0 spiro atoms. The maximum Gasteiger partial charge on any atom is 0.263 e. The van der Waals surface area contributed by atoms with Gasteiger partial charge in [0.15, 0.2) is 5.78 Å². The Labute approximate surface area is 84.7 Å². The molecule has 0 aliphatic rings. The number of Topliss-reactive ketones (excluding diaryl/α,β-unsaturated/α-hetero) is 1. The Morgan fingerprint density at radius 3 is 2.50 bits per heavy atom. The van der Waals surface area contributed by atoms with Gasteiger partial charge < -0.3 is 5.73 Å². The number of benzene rings is 1. The van der Waals surface area contributed by atoms with Gasteiger partial charge in [0.2, 0.25) is 0 Å². The molecule has 0 amide bonds. The minimum atomic E-state index is -2.66. The quantitative estimate of drug-likeness (QED) is 0.614. The van der Waals surface area contributed by atoms with Crippen LogP contribution in [-0.4, -0.2) is 5.78 Å². The lowest BCUT2D eigenvalue weighted by Gasteiger charge is -2.07. The molecule has 0 aliphatic heterocycles. The van der Waals surface area contributed by atoms with E-state index in [0.717, 1.165) is 12.1 Å². The number of hydrogen-bond acceptors (Lipinski definition) is 2. The van der Waals surface area contributed by atoms with Crippen LogP contribution in [0.4, 0.5) is 14.5 Å². The van der Waals surface area contributed by atoms with Gasteiger partial charge in [-0.25, -0.2) is 8.78 Å². The van der Waals surface area contributed by atoms with Gasteiger partial charge in [-0.15, -0.1) is 0 Å². The van der Waals surface area contributed by atoms with E-state index >= 15 is 0 Å². The first kappa shape index (κ1) is 10.9. The zero-order valence-corrected chi connectivity index (χ0v) is 8.11. The third-order valence-corrected chi connectivity index (χ3v) is 2.18. The average molecular weight is 220 g/mol. The second-order valence-electron chi connectivity index (χ2n) is 2.83. The zero-order valence-electron chi connectivity index (χ0n) is 7.35. The van der Waals surface area contributed by atoms with E-state index in [1.165, 1.54) is 6.92 Å². The standard InChI is InChI=1S/C9H8ClF2NO/c1-4(14)6-2-5(9(11)12)3-7(13)8(6)10/h2-3,9H,13H2,1H3. The molecule has 0 bridgehead atoms. The van der Waals surface area contributed by atoms with Gasteiger partial charge in [-0.3, -0.25) is 4.79 Å². The summed E-state index contributed by atoms with van der Waals surface area (Å²) in [4.78, 5) is 11.0. The Bertz CT molecular complexity index is 379. The molecule has 0 heterocycles. The van der Waals surface area contributed by atoms with Crippen LogP contribution < -0.4 is 5.73 Å². The van der Waals surface area contributed by atoms with Crippen molar-refractivity contribution in [2.24, 2.45) is 0 Å². The Balaban J connectivity index is 3.35. The molecule has 1 aromatic rings. The highest BCUT2D eigenvalue weighted by molar-refractivity contribution is 6.36. The molecule has 0 aliphatic carbocycles. The number of carbonyl (C=O) groups excluding carboxylic acids is 1. The summed E-state index contributed by atoms with van der Waals surface area (Å²) < 4.78 is 24.6. The van der Waals surface area contributed by atoms with Gasteiger partial charge in [-0.2, -0.15) is 0 Å². The van der Waals surface area contributed by atoms with E-state index in [0.29, 0.717) is 0 Å². The van der Waals surface area contributed by atoms with Crippen molar-refractivity contribution < 1.29 is 13.6 Å². The van der Waals surface area contributed by atoms with E-state index in [9.17, 15) is 13.6 Å². The van der Waals surface area contributed by atoms with Crippen molar-refractivity contribution in [3.63, 3.8) is 0 Å². The monoisotopic (exact) mass is 219 g/mol. The Morgan fingerprint density at radius 2 is 2.07 bits per heavy atom. The minimum Gasteiger partial charge on any atom is -0.397 e. The third kappa shape index (κ3) is 2.01. The number of hydrogen-bond donors (Lipinski definition) is 1. The van der Waals surface area contributed by atoms with Crippen molar-refractivity contribution >= 4 is 23.1 Å². The van der Waals surface area contributed by atoms with Crippen LogP contribution in [-0.2, 0) is 0 Å². The molecule has 2 nitrogen and oxygen atoms in total. The van der Waals surface area contributed by atoms with E-state index in [2.05, 4.69) is 0 Å². The SMILES string of the molecule is CC(=O)c1cc(C(F)F)cc(N)c1Cl. The summed E-state index contributed by atoms with van der Waals surface area (Å²) in [5, 5.41) is 0.0295. The van der Waals surface area contributed by atoms with Gasteiger partial charge in [-0.1, -0.05) is 11.6 Å². The lowest BCUT2D eigenvalue weighted by atomic mass is 10.1. The van der Waals surface area contributed by atoms with Crippen LogP contribution in [0, 0.1) is 0 Å². The lowest BCUT2D eigenvalue weighted by molar-refractivity contribution is 0.101. The molecule has 0 fully saturated rings. The van der Waals surface area contributed by atoms with Gasteiger partial charge in [0.25, 0.3) is 6.43 Å². The summed E-state index contributed by atoms with van der Waals surface area (Å²) in [6.07, 6.45) is -2.66. The van der Waals surface area contributed by atoms with Crippen LogP contribution in [0.2, 0.25) is 5.02 Å². The second kappa shape index (κ2) is 3.92. The van der Waals surface area contributed by atoms with E-state index in [1.807, 2.05) is 0 Å². The Hall–Kier alpha value is -1.16. The van der Waals surface area contributed by atoms with E-state index in [1.54, 1.807) is 0 Å². The predicted molar refractivity (Wildman–Crippen MR) is 50.8 cm³/mol. The number of halogens is 3. The van der Waals surface area contributed by atoms with Crippen molar-refractivity contribution in [3.05, 3.63) is 28.3 Å². The molecule has 76 valence electrons. The second-order valence-corrected chi connectivity index (χ2v) is 3.21. The first-order valence-electron chi connectivity index (χ1n) is 3.81. The average Bonchev–Trinajstić information content (AvgIpc) is 2.08. The lowest BCUT2D eigenvalue weighted by Crippen LogP contribution is -2.00. The van der Waals surface area contributed by atoms with Gasteiger partial charge in [0, 0.05) is 11.1 Å². The summed E-state index contributed by atoms with van der Waals surface area (Å²) in [5.41, 5.74) is 5.11. The zero-order chi connectivity index (χ0) is 10.9. The largest absolute Gasteiger partial charge is 0.397 e. The number of ketones is 1. The fourth-order valence-electron chi connectivity index (χ4n) is 1.05. The minimum absolute atomic E-state index is 0.00494. The molecule has 14 heavy (non-hydrogen) atoms. The van der Waals surface area contributed by atoms with Gasteiger partial charge in [-0.05, 0) is 19.1 Å². The molecular formula is C9H8ClF2NO. The summed E-state index contributed by atoms with van der Waals surface area (Å²) in [7, 11) is 0. The number of alkyl halides is 2. The van der Waals surface area contributed by atoms with E-state index in [4.69, 9.17) is 17.3 Å². The van der Waals surface area contributed by atoms with E-state index < -0.39 is 6.43 Å². The first-order valence-corrected chi connectivity index (χ1v) is 4.19. The maximum absolute atomic E-state index is 12.3. The molecule has 0 atom stereocenters. The number of nitrogens with two attached hydrogens (primary N) is 1. The maximum atomic E-state index is 12.3. The number of carbonyl (C=O) groups is 1. The van der Waals surface area contributed by atoms with Gasteiger partial charge in [0.1, 0.15) is 0 Å². The highest BCUT2D eigenvalue weighted by Crippen LogP contribution is 2.30. The molecule has 1 rings (SSSR count). The fourth-order valence-corrected chi connectivity index (χ4v) is 1.29. The smallest absolute Gasteiger partial charge is 0.263 e. The third-order valence-electron chi connectivity index (χ3n) is 1.75. The normalized spacial score (nSPS) is 10.6. The van der Waals surface area contributed by atoms with Crippen LogP contribution >= 0.6 is 11.6 Å². The van der Waals surface area contributed by atoms with Crippen LogP contribution in [0.5, 0.6) is 0 Å². The highest BCUT2D eigenvalue weighted by atomic mass is 35.5. The summed E-state index contributed by atoms with van der Waals surface area (Å²) in [6.45, 7) is 1.25. The molecular weight excluding hydrogens is 212 g/mol. The summed E-state index contributed by atoms with van der Waals surface area (Å²) in [6, 6.07) is 2.13. The van der Waals surface area contributed by atoms with Crippen molar-refractivity contribution in [3.8, 4) is 0 Å². The van der Waals surface area contributed by atoms with Crippen molar-refractivity contribution in [1.82, 2.24) is 0 Å². The molecule has 0 saturated carbocycles. The van der Waals surface area contributed by atoms with Gasteiger partial charge in [0.05, 0.1) is 10.7 Å². The Kier molecular flexibility index (Phi) is 3.06. The fraction of sp³-hybridized carbons (Fsp3) is 0.222. The molecule has 5 heteroatoms. The summed E-state index contributed by atoms with van der Waals surface area (Å²) >= 11 is 5.67. The van der Waals surface area contributed by atoms with Crippen LogP contribution in [0.25, 0.3) is 0 Å². The van der Waals surface area contributed by atoms with E-state index in [-0.39, 0.29) is 27.6 Å². The molecule has 0 radical (unpaired) electrons. The molecule has 2 N–H and O–H groups in total. The van der Waals surface area contributed by atoms with Crippen molar-refractivity contribution in [2.75, 3.05) is 5.73 Å². The predicted octanol–water partition coefficient (Wildman–Crippen LogP) is 3.06. The topological polar surface area (TPSA) is 43.1 Å². The summed E-state index contributed by atoms with van der Waals surface area (Å²) in [5.74, 6) is -0.385. The first-order chi connectivity index (χ1) is 6.43. The van der Waals surface area contributed by atoms with Crippen LogP contribution in [0.1, 0.15) is 29.3 Å². The van der Waals surface area contributed by atoms with Crippen LogP contribution in [0.3, 0.4) is 0 Å². The van der Waals surface area contributed by atoms with Crippen molar-refractivity contribution in [1.29, 1.82) is 0 Å². The number of nitrogen functional groups attached to an aromatic ring is 1. The van der Waals surface area contributed by atoms with Crippen molar-refractivity contribution in [2.45, 2.75) is 13.3 Å². The number of anilines is 1. The number of rotatable bonds is 2. The molecule has 0 saturated heterocycles. The van der Waals surface area contributed by atoms with Crippen LogP contribution in [0.15, 0.2) is 12.1 Å². The Morgan fingerprint density at radius 1 is 1.50 bits per heavy atom. The molecule has 1 aromatic carbocycles. The molecule has 0 unspecified atom stereocenters. The highest BCUT2D eigenvalue weighted by Gasteiger charge is 2.15. The van der Waals surface area contributed by atoms with Gasteiger partial charge >= 0.3 is 0 Å².